The number of benzene rings is 1. The van der Waals surface area contributed by atoms with E-state index in [1.807, 2.05) is 12.1 Å². The van der Waals surface area contributed by atoms with E-state index in [2.05, 4.69) is 52.3 Å². The van der Waals surface area contributed by atoms with Gasteiger partial charge in [0.15, 0.2) is 0 Å². The fourth-order valence-corrected chi connectivity index (χ4v) is 2.88. The summed E-state index contributed by atoms with van der Waals surface area (Å²) in [7, 11) is 0. The van der Waals surface area contributed by atoms with Crippen LogP contribution in [0.1, 0.15) is 39.4 Å². The first-order chi connectivity index (χ1) is 8.55. The van der Waals surface area contributed by atoms with Crippen molar-refractivity contribution in [2.45, 2.75) is 45.0 Å². The standard InChI is InChI=1S/C14H18BrClN2/c1-4-14(3,5-2)18-12-8-10(15)6-7-11(12)17-13(18)9-16/h6-8H,4-5,9H2,1-3H3. The highest BCUT2D eigenvalue weighted by Crippen LogP contribution is 2.32. The first kappa shape index (κ1) is 13.9. The van der Waals surface area contributed by atoms with E-state index in [1.54, 1.807) is 0 Å². The number of aromatic nitrogens is 2. The van der Waals surface area contributed by atoms with Gasteiger partial charge in [0.2, 0.25) is 0 Å². The summed E-state index contributed by atoms with van der Waals surface area (Å²) >= 11 is 9.60. The van der Waals surface area contributed by atoms with Crippen LogP contribution in [0.5, 0.6) is 0 Å². The molecular formula is C14H18BrClN2. The summed E-state index contributed by atoms with van der Waals surface area (Å²) in [5.74, 6) is 1.40. The highest BCUT2D eigenvalue weighted by Gasteiger charge is 2.27. The summed E-state index contributed by atoms with van der Waals surface area (Å²) in [6.07, 6.45) is 2.12. The lowest BCUT2D eigenvalue weighted by molar-refractivity contribution is 0.296. The second kappa shape index (κ2) is 5.22. The number of halogens is 2. The highest BCUT2D eigenvalue weighted by molar-refractivity contribution is 9.10. The Morgan fingerprint density at radius 1 is 1.33 bits per heavy atom. The summed E-state index contributed by atoms with van der Waals surface area (Å²) in [5.41, 5.74) is 2.24. The third-order valence-corrected chi connectivity index (χ3v) is 4.60. The molecule has 1 aromatic heterocycles. The van der Waals surface area contributed by atoms with Crippen molar-refractivity contribution >= 4 is 38.6 Å². The molecule has 0 radical (unpaired) electrons. The van der Waals surface area contributed by atoms with Gasteiger partial charge in [-0.05, 0) is 38.0 Å². The van der Waals surface area contributed by atoms with Gasteiger partial charge in [0.05, 0.1) is 16.9 Å². The normalized spacial score (nSPS) is 12.3. The molecular weight excluding hydrogens is 312 g/mol. The summed E-state index contributed by atoms with van der Waals surface area (Å²) in [6.45, 7) is 6.70. The van der Waals surface area contributed by atoms with E-state index in [0.717, 1.165) is 34.2 Å². The van der Waals surface area contributed by atoms with E-state index in [4.69, 9.17) is 11.6 Å². The molecule has 18 heavy (non-hydrogen) atoms. The lowest BCUT2D eigenvalue weighted by Crippen LogP contribution is -2.29. The van der Waals surface area contributed by atoms with Crippen molar-refractivity contribution < 1.29 is 0 Å². The van der Waals surface area contributed by atoms with Gasteiger partial charge in [-0.25, -0.2) is 4.98 Å². The molecule has 0 amide bonds. The topological polar surface area (TPSA) is 17.8 Å². The van der Waals surface area contributed by atoms with E-state index in [9.17, 15) is 0 Å². The molecule has 0 saturated carbocycles. The Labute approximate surface area is 121 Å². The molecule has 1 heterocycles. The molecule has 0 aliphatic heterocycles. The number of imidazole rings is 1. The zero-order valence-corrected chi connectivity index (χ0v) is 13.3. The van der Waals surface area contributed by atoms with Crippen molar-refractivity contribution in [1.82, 2.24) is 9.55 Å². The lowest BCUT2D eigenvalue weighted by atomic mass is 9.94. The van der Waals surface area contributed by atoms with Crippen LogP contribution >= 0.6 is 27.5 Å². The van der Waals surface area contributed by atoms with Gasteiger partial charge in [-0.15, -0.1) is 11.6 Å². The monoisotopic (exact) mass is 328 g/mol. The van der Waals surface area contributed by atoms with E-state index >= 15 is 0 Å². The van der Waals surface area contributed by atoms with Crippen molar-refractivity contribution in [1.29, 1.82) is 0 Å². The summed E-state index contributed by atoms with van der Waals surface area (Å²) in [4.78, 5) is 4.64. The van der Waals surface area contributed by atoms with Crippen molar-refractivity contribution in [3.63, 3.8) is 0 Å². The Bertz CT molecular complexity index is 558. The van der Waals surface area contributed by atoms with Gasteiger partial charge in [-0.3, -0.25) is 0 Å². The molecule has 4 heteroatoms. The number of fused-ring (bicyclic) bond motifs is 1. The van der Waals surface area contributed by atoms with Crippen LogP contribution in [0.15, 0.2) is 22.7 Å². The highest BCUT2D eigenvalue weighted by atomic mass is 79.9. The molecule has 0 fully saturated rings. The quantitative estimate of drug-likeness (QED) is 0.716. The molecule has 0 atom stereocenters. The van der Waals surface area contributed by atoms with Gasteiger partial charge in [-0.1, -0.05) is 29.8 Å². The number of rotatable bonds is 4. The first-order valence-electron chi connectivity index (χ1n) is 6.29. The fourth-order valence-electron chi connectivity index (χ4n) is 2.36. The smallest absolute Gasteiger partial charge is 0.125 e. The summed E-state index contributed by atoms with van der Waals surface area (Å²) in [5, 5.41) is 0. The summed E-state index contributed by atoms with van der Waals surface area (Å²) in [6, 6.07) is 6.19. The minimum atomic E-state index is 0.0692. The third kappa shape index (κ3) is 2.19. The van der Waals surface area contributed by atoms with Crippen LogP contribution in [-0.4, -0.2) is 9.55 Å². The van der Waals surface area contributed by atoms with Gasteiger partial charge >= 0.3 is 0 Å². The van der Waals surface area contributed by atoms with Gasteiger partial charge in [-0.2, -0.15) is 0 Å². The Morgan fingerprint density at radius 3 is 2.56 bits per heavy atom. The molecule has 0 spiro atoms. The third-order valence-electron chi connectivity index (χ3n) is 3.87. The second-order valence-electron chi connectivity index (χ2n) is 4.83. The Morgan fingerprint density at radius 2 is 2.00 bits per heavy atom. The van der Waals surface area contributed by atoms with Crippen LogP contribution in [0.3, 0.4) is 0 Å². The molecule has 0 N–H and O–H groups in total. The molecule has 2 aromatic rings. The van der Waals surface area contributed by atoms with Crippen LogP contribution < -0.4 is 0 Å². The zero-order valence-electron chi connectivity index (χ0n) is 11.0. The summed E-state index contributed by atoms with van der Waals surface area (Å²) < 4.78 is 3.38. The predicted octanol–water partition coefficient (Wildman–Crippen LogP) is 5.07. The average Bonchev–Trinajstić information content (AvgIpc) is 2.76. The maximum Gasteiger partial charge on any atom is 0.125 e. The van der Waals surface area contributed by atoms with Crippen LogP contribution in [0.4, 0.5) is 0 Å². The fraction of sp³-hybridized carbons (Fsp3) is 0.500. The van der Waals surface area contributed by atoms with E-state index in [0.29, 0.717) is 5.88 Å². The maximum absolute atomic E-state index is 6.07. The predicted molar refractivity (Wildman–Crippen MR) is 81.2 cm³/mol. The minimum Gasteiger partial charge on any atom is -0.321 e. The first-order valence-corrected chi connectivity index (χ1v) is 7.61. The van der Waals surface area contributed by atoms with Crippen molar-refractivity contribution in [3.8, 4) is 0 Å². The molecule has 0 aliphatic rings. The molecule has 0 aliphatic carbocycles. The van der Waals surface area contributed by atoms with E-state index in [1.165, 1.54) is 0 Å². The molecule has 0 unspecified atom stereocenters. The number of hydrogen-bond donors (Lipinski definition) is 0. The van der Waals surface area contributed by atoms with Gasteiger partial charge in [0.25, 0.3) is 0 Å². The lowest BCUT2D eigenvalue weighted by Gasteiger charge is -2.31. The Balaban J connectivity index is 2.77. The molecule has 2 nitrogen and oxygen atoms in total. The molecule has 98 valence electrons. The largest absolute Gasteiger partial charge is 0.321 e. The SMILES string of the molecule is CCC(C)(CC)n1c(CCl)nc2ccc(Br)cc21. The maximum atomic E-state index is 6.07. The van der Waals surface area contributed by atoms with Crippen molar-refractivity contribution in [2.75, 3.05) is 0 Å². The van der Waals surface area contributed by atoms with Crippen LogP contribution in [0.25, 0.3) is 11.0 Å². The number of alkyl halides is 1. The molecule has 1 aromatic carbocycles. The molecule has 0 saturated heterocycles. The zero-order chi connectivity index (χ0) is 13.3. The van der Waals surface area contributed by atoms with E-state index < -0.39 is 0 Å². The van der Waals surface area contributed by atoms with Crippen LogP contribution in [-0.2, 0) is 11.4 Å². The minimum absolute atomic E-state index is 0.0692. The molecule has 2 rings (SSSR count). The Kier molecular flexibility index (Phi) is 4.02. The van der Waals surface area contributed by atoms with Crippen LogP contribution in [0.2, 0.25) is 0 Å². The average molecular weight is 330 g/mol. The van der Waals surface area contributed by atoms with Crippen molar-refractivity contribution in [3.05, 3.63) is 28.5 Å². The van der Waals surface area contributed by atoms with Gasteiger partial charge in [0, 0.05) is 10.0 Å². The molecule has 0 bridgehead atoms. The number of hydrogen-bond acceptors (Lipinski definition) is 1. The Hall–Kier alpha value is -0.540. The second-order valence-corrected chi connectivity index (χ2v) is 6.02. The van der Waals surface area contributed by atoms with Gasteiger partial charge < -0.3 is 4.57 Å². The van der Waals surface area contributed by atoms with E-state index in [-0.39, 0.29) is 5.54 Å². The number of nitrogens with zero attached hydrogens (tertiary/aromatic N) is 2. The van der Waals surface area contributed by atoms with Crippen LogP contribution in [0, 0.1) is 0 Å². The van der Waals surface area contributed by atoms with Crippen molar-refractivity contribution in [2.24, 2.45) is 0 Å². The van der Waals surface area contributed by atoms with Gasteiger partial charge in [0.1, 0.15) is 5.82 Å².